The molecule has 0 saturated carbocycles. The van der Waals surface area contributed by atoms with Crippen molar-refractivity contribution in [3.63, 3.8) is 0 Å². The van der Waals surface area contributed by atoms with Gasteiger partial charge in [0.1, 0.15) is 0 Å². The third-order valence-corrected chi connectivity index (χ3v) is 3.67. The minimum Gasteiger partial charge on any atom is -0.481 e. The van der Waals surface area contributed by atoms with E-state index in [-0.39, 0.29) is 0 Å². The monoisotopic (exact) mass is 275 g/mol. The molecule has 19 heavy (non-hydrogen) atoms. The largest absolute Gasteiger partial charge is 0.481 e. The van der Waals surface area contributed by atoms with E-state index in [0.29, 0.717) is 12.3 Å². The number of ether oxygens (including phenoxy) is 1. The molecular weight excluding hydrogens is 262 g/mol. The zero-order valence-electron chi connectivity index (χ0n) is 10.4. The molecule has 1 unspecified atom stereocenters. The van der Waals surface area contributed by atoms with Crippen LogP contribution in [-0.4, -0.2) is 26.6 Å². The SMILES string of the molecule is COc1ccc(C(O)Cc2cn3ccsc3n2)cn1. The number of aromatic nitrogens is 3. The van der Waals surface area contributed by atoms with E-state index in [1.54, 1.807) is 30.7 Å². The average Bonchev–Trinajstić information content (AvgIpc) is 2.99. The molecule has 0 saturated heterocycles. The molecule has 3 rings (SSSR count). The summed E-state index contributed by atoms with van der Waals surface area (Å²) in [5.74, 6) is 0.540. The van der Waals surface area contributed by atoms with Gasteiger partial charge in [0.25, 0.3) is 0 Å². The van der Waals surface area contributed by atoms with Gasteiger partial charge in [-0.1, -0.05) is 0 Å². The van der Waals surface area contributed by atoms with Gasteiger partial charge in [0.15, 0.2) is 4.96 Å². The number of aliphatic hydroxyl groups is 1. The molecule has 0 amide bonds. The minimum absolute atomic E-state index is 0.475. The van der Waals surface area contributed by atoms with Crippen LogP contribution in [0.1, 0.15) is 17.4 Å². The maximum atomic E-state index is 10.2. The van der Waals surface area contributed by atoms with E-state index in [4.69, 9.17) is 4.74 Å². The standard InChI is InChI=1S/C13H13N3O2S/c1-18-12-3-2-9(7-14-12)11(17)6-10-8-16-4-5-19-13(16)15-10/h2-5,7-8,11,17H,6H2,1H3. The number of hydrogen-bond donors (Lipinski definition) is 1. The van der Waals surface area contributed by atoms with Crippen molar-refractivity contribution in [3.05, 3.63) is 47.4 Å². The number of hydrogen-bond acceptors (Lipinski definition) is 5. The predicted molar refractivity (Wildman–Crippen MR) is 72.5 cm³/mol. The molecule has 3 aromatic heterocycles. The lowest BCUT2D eigenvalue weighted by Crippen LogP contribution is -2.03. The van der Waals surface area contributed by atoms with Gasteiger partial charge in [0, 0.05) is 36.5 Å². The van der Waals surface area contributed by atoms with Gasteiger partial charge in [-0.05, 0) is 11.6 Å². The van der Waals surface area contributed by atoms with Crippen molar-refractivity contribution >= 4 is 16.3 Å². The first kappa shape index (κ1) is 12.1. The zero-order chi connectivity index (χ0) is 13.2. The fourth-order valence-corrected chi connectivity index (χ4v) is 2.62. The van der Waals surface area contributed by atoms with Gasteiger partial charge >= 0.3 is 0 Å². The Bertz CT molecular complexity index is 646. The second-order valence-corrected chi connectivity index (χ2v) is 5.05. The summed E-state index contributed by atoms with van der Waals surface area (Å²) in [4.78, 5) is 9.48. The topological polar surface area (TPSA) is 59.7 Å². The Morgan fingerprint density at radius 2 is 2.37 bits per heavy atom. The highest BCUT2D eigenvalue weighted by atomic mass is 32.1. The number of pyridine rings is 1. The van der Waals surface area contributed by atoms with Crippen LogP contribution >= 0.6 is 11.3 Å². The van der Waals surface area contributed by atoms with Crippen LogP contribution in [0.5, 0.6) is 5.88 Å². The molecule has 0 bridgehead atoms. The third kappa shape index (κ3) is 2.45. The number of fused-ring (bicyclic) bond motifs is 1. The molecule has 98 valence electrons. The molecular formula is C13H13N3O2S. The smallest absolute Gasteiger partial charge is 0.212 e. The van der Waals surface area contributed by atoms with Gasteiger partial charge in [-0.3, -0.25) is 4.40 Å². The van der Waals surface area contributed by atoms with Gasteiger partial charge in [-0.15, -0.1) is 11.3 Å². The predicted octanol–water partition coefficient (Wildman–Crippen LogP) is 2.08. The van der Waals surface area contributed by atoms with Crippen LogP contribution in [0.15, 0.2) is 36.1 Å². The lowest BCUT2D eigenvalue weighted by atomic mass is 10.1. The first-order chi connectivity index (χ1) is 9.26. The van der Waals surface area contributed by atoms with Crippen LogP contribution in [0.25, 0.3) is 4.96 Å². The summed E-state index contributed by atoms with van der Waals surface area (Å²) in [6, 6.07) is 3.55. The Balaban J connectivity index is 1.76. The van der Waals surface area contributed by atoms with Crippen molar-refractivity contribution in [2.24, 2.45) is 0 Å². The summed E-state index contributed by atoms with van der Waals surface area (Å²) in [5.41, 5.74) is 1.63. The van der Waals surface area contributed by atoms with Gasteiger partial charge in [-0.2, -0.15) is 0 Å². The van der Waals surface area contributed by atoms with E-state index < -0.39 is 6.10 Å². The molecule has 3 heterocycles. The second-order valence-electron chi connectivity index (χ2n) is 4.18. The van der Waals surface area contributed by atoms with Gasteiger partial charge < -0.3 is 9.84 Å². The summed E-state index contributed by atoms with van der Waals surface area (Å²) >= 11 is 1.58. The van der Waals surface area contributed by atoms with Crippen LogP contribution < -0.4 is 4.74 Å². The number of thiazole rings is 1. The Morgan fingerprint density at radius 1 is 1.47 bits per heavy atom. The molecule has 0 radical (unpaired) electrons. The first-order valence-corrected chi connectivity index (χ1v) is 6.73. The Morgan fingerprint density at radius 3 is 3.05 bits per heavy atom. The van der Waals surface area contributed by atoms with Crippen molar-refractivity contribution in [1.82, 2.24) is 14.4 Å². The van der Waals surface area contributed by atoms with Crippen LogP contribution in [-0.2, 0) is 6.42 Å². The normalized spacial score (nSPS) is 12.7. The third-order valence-electron chi connectivity index (χ3n) is 2.90. The summed E-state index contributed by atoms with van der Waals surface area (Å²) in [6.07, 6.45) is 5.39. The van der Waals surface area contributed by atoms with E-state index in [2.05, 4.69) is 9.97 Å². The van der Waals surface area contributed by atoms with E-state index >= 15 is 0 Å². The molecule has 0 aliphatic carbocycles. The van der Waals surface area contributed by atoms with Crippen molar-refractivity contribution in [1.29, 1.82) is 0 Å². The quantitative estimate of drug-likeness (QED) is 0.792. The van der Waals surface area contributed by atoms with Crippen molar-refractivity contribution in [3.8, 4) is 5.88 Å². The number of nitrogens with zero attached hydrogens (tertiary/aromatic N) is 3. The van der Waals surface area contributed by atoms with Crippen molar-refractivity contribution < 1.29 is 9.84 Å². The van der Waals surface area contributed by atoms with E-state index in [1.807, 2.05) is 28.2 Å². The Kier molecular flexibility index (Phi) is 3.18. The van der Waals surface area contributed by atoms with E-state index in [0.717, 1.165) is 16.2 Å². The number of aliphatic hydroxyl groups excluding tert-OH is 1. The van der Waals surface area contributed by atoms with E-state index in [1.165, 1.54) is 0 Å². The summed E-state index contributed by atoms with van der Waals surface area (Å²) < 4.78 is 6.95. The molecule has 1 atom stereocenters. The summed E-state index contributed by atoms with van der Waals surface area (Å²) in [5, 5.41) is 12.2. The highest BCUT2D eigenvalue weighted by Gasteiger charge is 2.12. The molecule has 0 spiro atoms. The maximum absolute atomic E-state index is 10.2. The van der Waals surface area contributed by atoms with Gasteiger partial charge in [0.2, 0.25) is 5.88 Å². The number of methoxy groups -OCH3 is 1. The van der Waals surface area contributed by atoms with Crippen LogP contribution in [0.4, 0.5) is 0 Å². The second kappa shape index (κ2) is 4.99. The molecule has 0 fully saturated rings. The highest BCUT2D eigenvalue weighted by Crippen LogP contribution is 2.20. The minimum atomic E-state index is -0.608. The zero-order valence-corrected chi connectivity index (χ0v) is 11.2. The van der Waals surface area contributed by atoms with Gasteiger partial charge in [0.05, 0.1) is 18.9 Å². The van der Waals surface area contributed by atoms with E-state index in [9.17, 15) is 5.11 Å². The fraction of sp³-hybridized carbons (Fsp3) is 0.231. The molecule has 0 aliphatic heterocycles. The summed E-state index contributed by atoms with van der Waals surface area (Å²) in [6.45, 7) is 0. The van der Waals surface area contributed by atoms with Crippen LogP contribution in [0.3, 0.4) is 0 Å². The molecule has 6 heteroatoms. The van der Waals surface area contributed by atoms with Crippen molar-refractivity contribution in [2.45, 2.75) is 12.5 Å². The molecule has 3 aromatic rings. The highest BCUT2D eigenvalue weighted by molar-refractivity contribution is 7.15. The van der Waals surface area contributed by atoms with Gasteiger partial charge in [-0.25, -0.2) is 9.97 Å². The lowest BCUT2D eigenvalue weighted by molar-refractivity contribution is 0.177. The van der Waals surface area contributed by atoms with Crippen molar-refractivity contribution in [2.75, 3.05) is 7.11 Å². The number of imidazole rings is 1. The molecule has 0 aliphatic rings. The summed E-state index contributed by atoms with van der Waals surface area (Å²) in [7, 11) is 1.57. The van der Waals surface area contributed by atoms with Crippen LogP contribution in [0.2, 0.25) is 0 Å². The first-order valence-electron chi connectivity index (χ1n) is 5.85. The maximum Gasteiger partial charge on any atom is 0.212 e. The molecule has 1 N–H and O–H groups in total. The van der Waals surface area contributed by atoms with Crippen LogP contribution in [0, 0.1) is 0 Å². The average molecular weight is 275 g/mol. The Hall–Kier alpha value is -1.92. The lowest BCUT2D eigenvalue weighted by Gasteiger charge is -2.09. The fourth-order valence-electron chi connectivity index (χ4n) is 1.90. The molecule has 5 nitrogen and oxygen atoms in total. The molecule has 0 aromatic carbocycles. The number of rotatable bonds is 4. The Labute approximate surface area is 114 Å².